The van der Waals surface area contributed by atoms with Crippen LogP contribution in [0.4, 0.5) is 39.8 Å². The number of rotatable bonds is 9. The number of aromatic nitrogens is 5. The number of aromatic carboxylic acids is 2. The summed E-state index contributed by atoms with van der Waals surface area (Å²) in [6, 6.07) is 18.5. The van der Waals surface area contributed by atoms with Gasteiger partial charge < -0.3 is 15.5 Å². The molecule has 3 N–H and O–H groups in total. The molecule has 18 nitrogen and oxygen atoms in total. The number of anilines is 4. The summed E-state index contributed by atoms with van der Waals surface area (Å²) in [5.74, 6) is -3.46. The molecule has 1 amide bonds. The smallest absolute Gasteiger partial charge is 0.335 e. The first-order valence-corrected chi connectivity index (χ1v) is 16.0. The summed E-state index contributed by atoms with van der Waals surface area (Å²) < 4.78 is 1.64. The van der Waals surface area contributed by atoms with Gasteiger partial charge >= 0.3 is 11.9 Å². The number of carbonyl (C=O) groups is 3. The molecule has 0 saturated carbocycles. The third kappa shape index (κ3) is 6.71. The van der Waals surface area contributed by atoms with Crippen LogP contribution in [0.2, 0.25) is 0 Å². The molecule has 0 bridgehead atoms. The second kappa shape index (κ2) is 14.5. The molecule has 0 unspecified atom stereocenters. The molecule has 3 aromatic carbocycles. The van der Waals surface area contributed by atoms with Crippen molar-refractivity contribution in [2.24, 2.45) is 10.2 Å². The number of benzene rings is 3. The van der Waals surface area contributed by atoms with Crippen molar-refractivity contribution in [2.45, 2.75) is 13.8 Å². The molecule has 0 aliphatic rings. The van der Waals surface area contributed by atoms with Crippen LogP contribution < -0.4 is 10.2 Å². The first-order valence-electron chi connectivity index (χ1n) is 15.2. The average molecular weight is 734 g/mol. The Hall–Kier alpha value is -8.39. The summed E-state index contributed by atoms with van der Waals surface area (Å²) >= 11 is 1.09. The van der Waals surface area contributed by atoms with Gasteiger partial charge in [0, 0.05) is 6.92 Å². The zero-order chi connectivity index (χ0) is 38.7. The lowest BCUT2D eigenvalue weighted by molar-refractivity contribution is -0.114. The second-order valence-corrected chi connectivity index (χ2v) is 12.0. The van der Waals surface area contributed by atoms with E-state index in [9.17, 15) is 40.4 Å². The lowest BCUT2D eigenvalue weighted by Gasteiger charge is -2.21. The Balaban J connectivity index is 1.51. The highest BCUT2D eigenvalue weighted by Crippen LogP contribution is 2.40. The predicted molar refractivity (Wildman–Crippen MR) is 191 cm³/mol. The second-order valence-electron chi connectivity index (χ2n) is 11.0. The molecule has 0 aliphatic carbocycles. The predicted octanol–water partition coefficient (Wildman–Crippen LogP) is 6.99. The fourth-order valence-electron chi connectivity index (χ4n) is 5.09. The molecule has 260 valence electrons. The minimum Gasteiger partial charge on any atom is -0.478 e. The maximum Gasteiger partial charge on any atom is 0.335 e. The molecule has 3 heterocycles. The highest BCUT2D eigenvalue weighted by molar-refractivity contribution is 7.22. The van der Waals surface area contributed by atoms with E-state index < -0.39 is 17.8 Å². The zero-order valence-corrected chi connectivity index (χ0v) is 28.5. The number of azo groups is 1. The molecular weight excluding hydrogens is 715 g/mol. The van der Waals surface area contributed by atoms with E-state index in [1.54, 1.807) is 6.07 Å². The SMILES string of the molecule is [C-]#[N+]c1cc(C#N)c(C#N)cc1-n1nc(C)c(C#N)c1N=Nc1ncc(N(c2cccc(C(=O)O)c2)c2nc3ccc(C(=O)O)cc3s2)nc1NC(C)=O. The van der Waals surface area contributed by atoms with Crippen molar-refractivity contribution in [3.05, 3.63) is 106 Å². The third-order valence-corrected chi connectivity index (χ3v) is 8.53. The minimum absolute atomic E-state index is 0.0327. The van der Waals surface area contributed by atoms with Crippen LogP contribution >= 0.6 is 11.3 Å². The molecule has 6 rings (SSSR count). The summed E-state index contributed by atoms with van der Waals surface area (Å²) in [6.07, 6.45) is 1.26. The van der Waals surface area contributed by atoms with Crippen LogP contribution in [0.15, 0.2) is 71.0 Å². The van der Waals surface area contributed by atoms with E-state index in [4.69, 9.17) is 6.57 Å². The largest absolute Gasteiger partial charge is 0.478 e. The number of amides is 1. The number of carboxylic acids is 2. The van der Waals surface area contributed by atoms with Crippen molar-refractivity contribution in [3.8, 4) is 23.9 Å². The summed E-state index contributed by atoms with van der Waals surface area (Å²) in [7, 11) is 0. The Kier molecular flexibility index (Phi) is 9.49. The van der Waals surface area contributed by atoms with Crippen LogP contribution in [0.25, 0.3) is 20.7 Å². The lowest BCUT2D eigenvalue weighted by Crippen LogP contribution is -2.15. The summed E-state index contributed by atoms with van der Waals surface area (Å²) in [4.78, 5) is 54.4. The normalized spacial score (nSPS) is 10.6. The van der Waals surface area contributed by atoms with Crippen molar-refractivity contribution >= 4 is 79.2 Å². The maximum atomic E-state index is 12.4. The van der Waals surface area contributed by atoms with E-state index in [0.717, 1.165) is 16.0 Å². The molecule has 0 fully saturated rings. The van der Waals surface area contributed by atoms with Gasteiger partial charge in [0.2, 0.25) is 17.4 Å². The van der Waals surface area contributed by atoms with Crippen molar-refractivity contribution in [1.82, 2.24) is 24.7 Å². The topological polar surface area (TPSA) is 264 Å². The molecular formula is C35H19N13O5S. The highest BCUT2D eigenvalue weighted by atomic mass is 32.1. The van der Waals surface area contributed by atoms with Gasteiger partial charge in [0.15, 0.2) is 22.6 Å². The number of fused-ring (bicyclic) bond motifs is 1. The maximum absolute atomic E-state index is 12.4. The van der Waals surface area contributed by atoms with Crippen molar-refractivity contribution < 1.29 is 24.6 Å². The van der Waals surface area contributed by atoms with E-state index in [1.165, 1.54) is 73.5 Å². The van der Waals surface area contributed by atoms with E-state index in [2.05, 4.69) is 40.4 Å². The van der Waals surface area contributed by atoms with Crippen LogP contribution in [0.5, 0.6) is 0 Å². The fourth-order valence-corrected chi connectivity index (χ4v) is 6.12. The van der Waals surface area contributed by atoms with Gasteiger partial charge in [-0.2, -0.15) is 20.9 Å². The molecule has 54 heavy (non-hydrogen) atoms. The van der Waals surface area contributed by atoms with Crippen LogP contribution in [0.3, 0.4) is 0 Å². The van der Waals surface area contributed by atoms with Crippen LogP contribution in [-0.4, -0.2) is 52.8 Å². The summed E-state index contributed by atoms with van der Waals surface area (Å²) in [5, 5.41) is 63.8. The Morgan fingerprint density at radius 1 is 0.963 bits per heavy atom. The number of carboxylic acid groups (broad SMARTS) is 2. The molecule has 3 aromatic heterocycles. The van der Waals surface area contributed by atoms with Gasteiger partial charge in [0.05, 0.1) is 68.4 Å². The summed E-state index contributed by atoms with van der Waals surface area (Å²) in [5.41, 5.74) is 0.805. The van der Waals surface area contributed by atoms with Crippen LogP contribution in [-0.2, 0) is 4.79 Å². The van der Waals surface area contributed by atoms with Gasteiger partial charge in [-0.15, -0.1) is 10.2 Å². The monoisotopic (exact) mass is 733 g/mol. The minimum atomic E-state index is -1.20. The quantitative estimate of drug-likeness (QED) is 0.100. The average Bonchev–Trinajstić information content (AvgIpc) is 3.72. The Morgan fingerprint density at radius 3 is 2.35 bits per heavy atom. The molecule has 6 aromatic rings. The van der Waals surface area contributed by atoms with Gasteiger partial charge in [0.25, 0.3) is 0 Å². The van der Waals surface area contributed by atoms with Crippen molar-refractivity contribution in [1.29, 1.82) is 15.8 Å². The van der Waals surface area contributed by atoms with Crippen molar-refractivity contribution in [2.75, 3.05) is 10.2 Å². The Morgan fingerprint density at radius 2 is 1.69 bits per heavy atom. The van der Waals surface area contributed by atoms with Gasteiger partial charge in [-0.25, -0.2) is 34.1 Å². The van der Waals surface area contributed by atoms with E-state index >= 15 is 0 Å². The number of aryl methyl sites for hydroxylation is 1. The van der Waals surface area contributed by atoms with Gasteiger partial charge in [-0.1, -0.05) is 17.4 Å². The molecule has 0 radical (unpaired) electrons. The Labute approximate surface area is 307 Å². The van der Waals surface area contributed by atoms with Crippen molar-refractivity contribution in [3.63, 3.8) is 0 Å². The Bertz CT molecular complexity index is 2780. The lowest BCUT2D eigenvalue weighted by atomic mass is 10.1. The van der Waals surface area contributed by atoms with E-state index in [-0.39, 0.29) is 79.0 Å². The number of hydrogen-bond acceptors (Lipinski definition) is 14. The van der Waals surface area contributed by atoms with Gasteiger partial charge in [0.1, 0.15) is 17.7 Å². The fraction of sp³-hybridized carbons (Fsp3) is 0.0571. The number of nitrogens with zero attached hydrogens (tertiary/aromatic N) is 12. The van der Waals surface area contributed by atoms with E-state index in [0.29, 0.717) is 10.2 Å². The number of carbonyl (C=O) groups excluding carboxylic acids is 1. The summed E-state index contributed by atoms with van der Waals surface area (Å²) in [6.45, 7) is 10.4. The highest BCUT2D eigenvalue weighted by Gasteiger charge is 2.24. The van der Waals surface area contributed by atoms with Gasteiger partial charge in [-0.05, 0) is 55.5 Å². The number of hydrogen-bond donors (Lipinski definition) is 3. The molecule has 19 heteroatoms. The van der Waals surface area contributed by atoms with Crippen LogP contribution in [0.1, 0.15) is 50.0 Å². The number of nitriles is 3. The number of nitrogens with one attached hydrogen (secondary N) is 1. The third-order valence-electron chi connectivity index (χ3n) is 7.52. The first kappa shape index (κ1) is 35.4. The van der Waals surface area contributed by atoms with Crippen LogP contribution in [0, 0.1) is 47.5 Å². The standard InChI is InChI=1S/C35H19N13O5S/c1-17-24(15-38)32(48(46-17)27-11-22(14-37)21(13-36)10-26(27)39-3)45-44-30-31(41-18(2)49)43-29(16-40-30)47(23-6-4-5-19(9-23)33(50)51)35-42-25-8-7-20(34(52)53)12-28(25)54-35/h4-12,16H,1-2H3,(H,50,51)(H,52,53)(H,41,43,49). The van der Waals surface area contributed by atoms with Gasteiger partial charge in [-0.3, -0.25) is 9.69 Å². The first-order chi connectivity index (χ1) is 26.0. The zero-order valence-electron chi connectivity index (χ0n) is 27.7. The van der Waals surface area contributed by atoms with E-state index in [1.807, 2.05) is 18.2 Å². The molecule has 0 aliphatic heterocycles. The molecule has 0 atom stereocenters. The molecule has 0 saturated heterocycles. The number of thiazole rings is 1. The molecule has 0 spiro atoms.